The fourth-order valence-electron chi connectivity index (χ4n) is 1.92. The molecule has 2 rings (SSSR count). The summed E-state index contributed by atoms with van der Waals surface area (Å²) in [4.78, 5) is 27.8. The zero-order chi connectivity index (χ0) is 16.8. The maximum absolute atomic E-state index is 12.2. The molecule has 0 saturated heterocycles. The van der Waals surface area contributed by atoms with Crippen LogP contribution < -0.4 is 5.32 Å². The van der Waals surface area contributed by atoms with Crippen molar-refractivity contribution in [3.63, 3.8) is 0 Å². The molecule has 23 heavy (non-hydrogen) atoms. The van der Waals surface area contributed by atoms with Gasteiger partial charge in [-0.2, -0.15) is 0 Å². The summed E-state index contributed by atoms with van der Waals surface area (Å²) in [7, 11) is 0. The highest BCUT2D eigenvalue weighted by Crippen LogP contribution is 2.21. The van der Waals surface area contributed by atoms with Crippen LogP contribution in [0, 0.1) is 0 Å². The number of Topliss-reactive ketones (excluding diaryl/α,β-unsaturated/α-hetero) is 1. The molecule has 0 fully saturated rings. The van der Waals surface area contributed by atoms with Gasteiger partial charge in [-0.25, -0.2) is 4.98 Å². The van der Waals surface area contributed by atoms with Crippen LogP contribution in [0.25, 0.3) is 0 Å². The molecule has 0 radical (unpaired) electrons. The third-order valence-corrected chi connectivity index (χ3v) is 4.17. The number of aryl methyl sites for hydroxylation is 1. The van der Waals surface area contributed by atoms with Crippen molar-refractivity contribution < 1.29 is 9.59 Å². The van der Waals surface area contributed by atoms with E-state index in [0.29, 0.717) is 16.4 Å². The van der Waals surface area contributed by atoms with E-state index in [1.807, 2.05) is 0 Å². The summed E-state index contributed by atoms with van der Waals surface area (Å²) in [5.41, 5.74) is 1.28. The molecule has 2 N–H and O–H groups in total. The van der Waals surface area contributed by atoms with Gasteiger partial charge in [0.1, 0.15) is 5.82 Å². The lowest BCUT2D eigenvalue weighted by Gasteiger charge is -2.10. The molecule has 0 bridgehead atoms. The van der Waals surface area contributed by atoms with Crippen molar-refractivity contribution in [1.82, 2.24) is 15.2 Å². The van der Waals surface area contributed by atoms with E-state index < -0.39 is 0 Å². The lowest BCUT2D eigenvalue weighted by atomic mass is 10.1. The number of benzene rings is 1. The fourth-order valence-corrected chi connectivity index (χ4v) is 2.67. The molecule has 0 unspecified atom stereocenters. The van der Waals surface area contributed by atoms with Gasteiger partial charge in [0.25, 0.3) is 0 Å². The molecule has 0 aliphatic rings. The Balaban J connectivity index is 1.92. The number of nitrogens with zero attached hydrogens (tertiary/aromatic N) is 2. The normalized spacial score (nSPS) is 12.0. The Bertz CT molecular complexity index is 682. The third-order valence-electron chi connectivity index (χ3n) is 3.21. The minimum atomic E-state index is -0.326. The second-order valence-corrected chi connectivity index (χ2v) is 6.51. The molecule has 1 atom stereocenters. The molecule has 0 aliphatic heterocycles. The van der Waals surface area contributed by atoms with Crippen LogP contribution in [-0.2, 0) is 11.2 Å². The number of nitrogens with one attached hydrogen (secondary N) is 2. The molecule has 122 valence electrons. The second-order valence-electron chi connectivity index (χ2n) is 5.20. The third kappa shape index (κ3) is 4.92. The van der Waals surface area contributed by atoms with E-state index in [1.54, 1.807) is 31.2 Å². The minimum absolute atomic E-state index is 0.000657. The number of ketones is 1. The SMILES string of the molecule is CCCc1nc(S[C@H](C)C(=O)Nc2ccc(C(C)=O)cc2)n[nH]1. The Hall–Kier alpha value is -2.15. The Labute approximate surface area is 139 Å². The van der Waals surface area contributed by atoms with Crippen LogP contribution in [0.3, 0.4) is 0 Å². The second kappa shape index (κ2) is 7.92. The van der Waals surface area contributed by atoms with E-state index in [9.17, 15) is 9.59 Å². The maximum Gasteiger partial charge on any atom is 0.237 e. The summed E-state index contributed by atoms with van der Waals surface area (Å²) in [6.07, 6.45) is 1.84. The highest BCUT2D eigenvalue weighted by Gasteiger charge is 2.17. The van der Waals surface area contributed by atoms with Gasteiger partial charge < -0.3 is 5.32 Å². The van der Waals surface area contributed by atoms with Gasteiger partial charge in [-0.1, -0.05) is 18.7 Å². The van der Waals surface area contributed by atoms with Crippen molar-refractivity contribution in [2.75, 3.05) is 5.32 Å². The molecule has 2 aromatic rings. The molecule has 0 spiro atoms. The standard InChI is InChI=1S/C16H20N4O2S/c1-4-5-14-18-16(20-19-14)23-11(3)15(22)17-13-8-6-12(7-9-13)10(2)21/h6-9,11H,4-5H2,1-3H3,(H,17,22)(H,18,19,20)/t11-/m1/s1. The number of amides is 1. The molecule has 6 nitrogen and oxygen atoms in total. The van der Waals surface area contributed by atoms with Gasteiger partial charge in [0.15, 0.2) is 5.78 Å². The molecular weight excluding hydrogens is 312 g/mol. The van der Waals surface area contributed by atoms with Gasteiger partial charge in [0.2, 0.25) is 11.1 Å². The molecule has 1 aromatic carbocycles. The zero-order valence-corrected chi connectivity index (χ0v) is 14.2. The van der Waals surface area contributed by atoms with E-state index >= 15 is 0 Å². The highest BCUT2D eigenvalue weighted by atomic mass is 32.2. The number of hydrogen-bond donors (Lipinski definition) is 2. The summed E-state index contributed by atoms with van der Waals surface area (Å²) in [5, 5.41) is 10.0. The quantitative estimate of drug-likeness (QED) is 0.601. The van der Waals surface area contributed by atoms with E-state index in [1.165, 1.54) is 18.7 Å². The molecule has 0 aliphatic carbocycles. The van der Waals surface area contributed by atoms with E-state index in [0.717, 1.165) is 18.7 Å². The number of H-pyrrole nitrogens is 1. The Kier molecular flexibility index (Phi) is 5.92. The lowest BCUT2D eigenvalue weighted by Crippen LogP contribution is -2.22. The van der Waals surface area contributed by atoms with Crippen molar-refractivity contribution >= 4 is 29.1 Å². The predicted molar refractivity (Wildman–Crippen MR) is 90.8 cm³/mol. The van der Waals surface area contributed by atoms with Gasteiger partial charge in [-0.3, -0.25) is 14.7 Å². The van der Waals surface area contributed by atoms with Crippen molar-refractivity contribution in [3.8, 4) is 0 Å². The maximum atomic E-state index is 12.2. The first kappa shape index (κ1) is 17.2. The average molecular weight is 332 g/mol. The minimum Gasteiger partial charge on any atom is -0.325 e. The van der Waals surface area contributed by atoms with Crippen molar-refractivity contribution in [2.45, 2.75) is 44.0 Å². The van der Waals surface area contributed by atoms with Crippen LogP contribution in [0.4, 0.5) is 5.69 Å². The molecule has 1 amide bonds. The first-order valence-electron chi connectivity index (χ1n) is 7.49. The highest BCUT2D eigenvalue weighted by molar-refractivity contribution is 8.00. The van der Waals surface area contributed by atoms with Gasteiger partial charge >= 0.3 is 0 Å². The van der Waals surface area contributed by atoms with Crippen molar-refractivity contribution in [2.24, 2.45) is 0 Å². The number of anilines is 1. The number of carbonyl (C=O) groups excluding carboxylic acids is 2. The topological polar surface area (TPSA) is 87.7 Å². The summed E-state index contributed by atoms with van der Waals surface area (Å²) in [5.74, 6) is 0.703. The number of aromatic amines is 1. The first-order valence-corrected chi connectivity index (χ1v) is 8.37. The van der Waals surface area contributed by atoms with Crippen LogP contribution >= 0.6 is 11.8 Å². The summed E-state index contributed by atoms with van der Waals surface area (Å²) >= 11 is 1.31. The average Bonchev–Trinajstić information content (AvgIpc) is 2.95. The molecule has 0 saturated carbocycles. The van der Waals surface area contributed by atoms with Crippen LogP contribution in [-0.4, -0.2) is 32.1 Å². The number of thioether (sulfide) groups is 1. The Morgan fingerprint density at radius 3 is 2.61 bits per heavy atom. The summed E-state index contributed by atoms with van der Waals surface area (Å²) < 4.78 is 0. The lowest BCUT2D eigenvalue weighted by molar-refractivity contribution is -0.115. The van der Waals surface area contributed by atoms with Crippen LogP contribution in [0.15, 0.2) is 29.4 Å². The summed E-state index contributed by atoms with van der Waals surface area (Å²) in [6.45, 7) is 5.39. The molecule has 1 heterocycles. The fraction of sp³-hybridized carbons (Fsp3) is 0.375. The smallest absolute Gasteiger partial charge is 0.237 e. The van der Waals surface area contributed by atoms with E-state index in [2.05, 4.69) is 27.4 Å². The number of aromatic nitrogens is 3. The molecular formula is C16H20N4O2S. The van der Waals surface area contributed by atoms with Crippen LogP contribution in [0.1, 0.15) is 43.4 Å². The number of carbonyl (C=O) groups is 2. The predicted octanol–water partition coefficient (Wildman–Crippen LogP) is 3.08. The van der Waals surface area contributed by atoms with E-state index in [-0.39, 0.29) is 16.9 Å². The Morgan fingerprint density at radius 1 is 1.30 bits per heavy atom. The van der Waals surface area contributed by atoms with E-state index in [4.69, 9.17) is 0 Å². The van der Waals surface area contributed by atoms with Gasteiger partial charge in [0.05, 0.1) is 5.25 Å². The first-order chi connectivity index (χ1) is 11.0. The largest absolute Gasteiger partial charge is 0.325 e. The number of hydrogen-bond acceptors (Lipinski definition) is 5. The monoisotopic (exact) mass is 332 g/mol. The van der Waals surface area contributed by atoms with Crippen LogP contribution in [0.5, 0.6) is 0 Å². The molecule has 7 heteroatoms. The van der Waals surface area contributed by atoms with Gasteiger partial charge in [-0.05, 0) is 44.5 Å². The summed E-state index contributed by atoms with van der Waals surface area (Å²) in [6, 6.07) is 6.83. The van der Waals surface area contributed by atoms with Gasteiger partial charge in [-0.15, -0.1) is 5.10 Å². The van der Waals surface area contributed by atoms with Crippen LogP contribution in [0.2, 0.25) is 0 Å². The number of rotatable bonds is 7. The zero-order valence-electron chi connectivity index (χ0n) is 13.4. The van der Waals surface area contributed by atoms with Crippen molar-refractivity contribution in [1.29, 1.82) is 0 Å². The molecule has 1 aromatic heterocycles. The Morgan fingerprint density at radius 2 is 2.00 bits per heavy atom. The van der Waals surface area contributed by atoms with Gasteiger partial charge in [0, 0.05) is 17.7 Å². The van der Waals surface area contributed by atoms with Crippen molar-refractivity contribution in [3.05, 3.63) is 35.7 Å².